The Hall–Kier alpha value is -3.20. The molecule has 32 heavy (non-hydrogen) atoms. The minimum Gasteiger partial charge on any atom is -0.344 e. The Morgan fingerprint density at radius 3 is 2.28 bits per heavy atom. The highest BCUT2D eigenvalue weighted by atomic mass is 19.1. The first-order valence-corrected chi connectivity index (χ1v) is 10.4. The molecule has 0 aliphatic rings. The van der Waals surface area contributed by atoms with E-state index in [1.807, 2.05) is 6.92 Å². The molecule has 0 aliphatic heterocycles. The van der Waals surface area contributed by atoms with Gasteiger partial charge in [-0.1, -0.05) is 19.8 Å². The van der Waals surface area contributed by atoms with Crippen LogP contribution in [-0.2, 0) is 27.3 Å². The Balaban J connectivity index is 2.12. The van der Waals surface area contributed by atoms with Crippen LogP contribution in [0.2, 0.25) is 0 Å². The van der Waals surface area contributed by atoms with E-state index in [1.165, 1.54) is 6.92 Å². The van der Waals surface area contributed by atoms with Crippen molar-refractivity contribution in [2.24, 2.45) is 5.73 Å². The van der Waals surface area contributed by atoms with Crippen molar-refractivity contribution in [3.8, 4) is 0 Å². The molecule has 0 bridgehead atoms. The maximum Gasteiger partial charge on any atom is 0.251 e. The number of rotatable bonds is 10. The summed E-state index contributed by atoms with van der Waals surface area (Å²) in [4.78, 5) is 43.3. The number of nitrogens with two attached hydrogens (primary N) is 1. The van der Waals surface area contributed by atoms with Crippen molar-refractivity contribution < 1.29 is 23.2 Å². The second kappa shape index (κ2) is 12.0. The van der Waals surface area contributed by atoms with Gasteiger partial charge in [0.1, 0.15) is 17.7 Å². The first-order chi connectivity index (χ1) is 15.2. The number of nitrogens with one attached hydrogen (secondary N) is 1. The van der Waals surface area contributed by atoms with Gasteiger partial charge in [-0.2, -0.15) is 0 Å². The third-order valence-electron chi connectivity index (χ3n) is 4.84. The molecule has 172 valence electrons. The lowest BCUT2D eigenvalue weighted by Gasteiger charge is -2.27. The molecule has 0 aliphatic carbocycles. The topological polar surface area (TPSA) is 105 Å². The zero-order valence-electron chi connectivity index (χ0n) is 18.2. The van der Waals surface area contributed by atoms with E-state index in [0.717, 1.165) is 29.9 Å². The highest BCUT2D eigenvalue weighted by Crippen LogP contribution is 2.12. The summed E-state index contributed by atoms with van der Waals surface area (Å²) in [6.45, 7) is 3.39. The number of aromatic nitrogens is 1. The molecule has 2 atom stereocenters. The lowest BCUT2D eigenvalue weighted by Crippen LogP contribution is -2.53. The summed E-state index contributed by atoms with van der Waals surface area (Å²) in [6, 6.07) is 4.24. The first-order valence-electron chi connectivity index (χ1n) is 10.4. The molecule has 0 spiro atoms. The number of pyridine rings is 1. The summed E-state index contributed by atoms with van der Waals surface area (Å²) in [7, 11) is 0. The number of hydrogen-bond donors (Lipinski definition) is 2. The number of halogens is 2. The normalized spacial score (nSPS) is 12.7. The quantitative estimate of drug-likeness (QED) is 0.583. The summed E-state index contributed by atoms with van der Waals surface area (Å²) in [5, 5.41) is 2.49. The van der Waals surface area contributed by atoms with E-state index in [0.29, 0.717) is 18.1 Å². The molecule has 7 nitrogen and oxygen atoms in total. The predicted octanol–water partition coefficient (Wildman–Crippen LogP) is 2.48. The van der Waals surface area contributed by atoms with Gasteiger partial charge in [-0.3, -0.25) is 24.3 Å². The van der Waals surface area contributed by atoms with Crippen LogP contribution in [0.3, 0.4) is 0 Å². The van der Waals surface area contributed by atoms with Crippen LogP contribution in [0.1, 0.15) is 44.2 Å². The van der Waals surface area contributed by atoms with Gasteiger partial charge in [0.05, 0.1) is 19.0 Å². The van der Waals surface area contributed by atoms with Crippen LogP contribution in [0.15, 0.2) is 42.7 Å². The van der Waals surface area contributed by atoms with Gasteiger partial charge in [0, 0.05) is 18.5 Å². The molecule has 3 N–H and O–H groups in total. The maximum atomic E-state index is 13.3. The van der Waals surface area contributed by atoms with E-state index in [2.05, 4.69) is 10.3 Å². The minimum absolute atomic E-state index is 0.0185. The average molecular weight is 446 g/mol. The van der Waals surface area contributed by atoms with Crippen molar-refractivity contribution in [2.45, 2.75) is 58.2 Å². The predicted molar refractivity (Wildman–Crippen MR) is 115 cm³/mol. The van der Waals surface area contributed by atoms with Gasteiger partial charge in [0.25, 0.3) is 5.91 Å². The fourth-order valence-corrected chi connectivity index (χ4v) is 3.17. The monoisotopic (exact) mass is 446 g/mol. The summed E-state index contributed by atoms with van der Waals surface area (Å²) in [6.07, 6.45) is 4.79. The van der Waals surface area contributed by atoms with Crippen LogP contribution in [0.25, 0.3) is 0 Å². The number of nitrogens with zero attached hydrogens (tertiary/aromatic N) is 2. The minimum atomic E-state index is -1.05. The molecule has 3 amide bonds. The first kappa shape index (κ1) is 25.1. The van der Waals surface area contributed by atoms with Gasteiger partial charge >= 0.3 is 0 Å². The Bertz CT molecular complexity index is 920. The van der Waals surface area contributed by atoms with Gasteiger partial charge in [-0.25, -0.2) is 8.78 Å². The van der Waals surface area contributed by atoms with Crippen molar-refractivity contribution in [3.63, 3.8) is 0 Å². The van der Waals surface area contributed by atoms with Crippen LogP contribution in [-0.4, -0.2) is 39.7 Å². The van der Waals surface area contributed by atoms with Gasteiger partial charge in [-0.15, -0.1) is 0 Å². The van der Waals surface area contributed by atoms with Gasteiger partial charge in [0.15, 0.2) is 0 Å². The second-order valence-electron chi connectivity index (χ2n) is 7.61. The number of amides is 3. The molecule has 2 aromatic rings. The second-order valence-corrected chi connectivity index (χ2v) is 7.61. The third kappa shape index (κ3) is 7.49. The molecule has 0 radical (unpaired) electrons. The molecule has 0 fully saturated rings. The van der Waals surface area contributed by atoms with Crippen molar-refractivity contribution in [1.82, 2.24) is 15.2 Å². The molecular weight excluding hydrogens is 418 g/mol. The molecule has 1 heterocycles. The maximum absolute atomic E-state index is 13.3. The van der Waals surface area contributed by atoms with E-state index >= 15 is 0 Å². The van der Waals surface area contributed by atoms with Gasteiger partial charge < -0.3 is 11.1 Å². The van der Waals surface area contributed by atoms with E-state index in [-0.39, 0.29) is 18.5 Å². The summed E-state index contributed by atoms with van der Waals surface area (Å²) in [5.74, 6) is -3.37. The number of hydrogen-bond acceptors (Lipinski definition) is 5. The highest BCUT2D eigenvalue weighted by Gasteiger charge is 2.30. The Morgan fingerprint density at radius 1 is 1.06 bits per heavy atom. The standard InChI is InChI=1S/C23H28F2N4O3/c1-3-4-5-20(26)23(32)29(14-16-6-8-27-9-7-16)22(31)15(2)28-21(30)12-17-10-18(24)13-19(25)11-17/h6-11,13,15,20H,3-5,12,14,26H2,1-2H3,(H,28,30)/t15-,20?/m0/s1. The molecule has 0 saturated heterocycles. The van der Waals surface area contributed by atoms with Crippen LogP contribution < -0.4 is 11.1 Å². The van der Waals surface area contributed by atoms with Gasteiger partial charge in [-0.05, 0) is 48.7 Å². The smallest absolute Gasteiger partial charge is 0.251 e. The van der Waals surface area contributed by atoms with Gasteiger partial charge in [0.2, 0.25) is 11.8 Å². The number of imide groups is 1. The molecule has 2 rings (SSSR count). The zero-order chi connectivity index (χ0) is 23.7. The van der Waals surface area contributed by atoms with Crippen LogP contribution in [0.5, 0.6) is 0 Å². The number of unbranched alkanes of at least 4 members (excludes halogenated alkanes) is 1. The van der Waals surface area contributed by atoms with Crippen molar-refractivity contribution >= 4 is 17.7 Å². The summed E-state index contributed by atoms with van der Waals surface area (Å²) < 4.78 is 26.7. The molecule has 1 unspecified atom stereocenters. The number of benzene rings is 1. The zero-order valence-corrected chi connectivity index (χ0v) is 18.2. The van der Waals surface area contributed by atoms with Crippen LogP contribution in [0.4, 0.5) is 8.78 Å². The largest absolute Gasteiger partial charge is 0.344 e. The summed E-state index contributed by atoms with van der Waals surface area (Å²) in [5.41, 5.74) is 6.82. The SMILES string of the molecule is CCCCC(N)C(=O)N(Cc1ccncc1)C(=O)[C@H](C)NC(=O)Cc1cc(F)cc(F)c1. The van der Waals surface area contributed by atoms with Crippen molar-refractivity contribution in [2.75, 3.05) is 0 Å². The van der Waals surface area contributed by atoms with E-state index < -0.39 is 41.4 Å². The van der Waals surface area contributed by atoms with E-state index in [1.54, 1.807) is 24.5 Å². The van der Waals surface area contributed by atoms with E-state index in [4.69, 9.17) is 5.73 Å². The van der Waals surface area contributed by atoms with Crippen molar-refractivity contribution in [1.29, 1.82) is 0 Å². The number of carbonyl (C=O) groups is 3. The molecular formula is C23H28F2N4O3. The van der Waals surface area contributed by atoms with Crippen LogP contribution >= 0.6 is 0 Å². The fourth-order valence-electron chi connectivity index (χ4n) is 3.17. The number of carbonyl (C=O) groups excluding carboxylic acids is 3. The third-order valence-corrected chi connectivity index (χ3v) is 4.84. The summed E-state index contributed by atoms with van der Waals surface area (Å²) >= 11 is 0. The Labute approximate surface area is 186 Å². The lowest BCUT2D eigenvalue weighted by atomic mass is 10.1. The Morgan fingerprint density at radius 2 is 1.69 bits per heavy atom. The van der Waals surface area contributed by atoms with E-state index in [9.17, 15) is 23.2 Å². The fraction of sp³-hybridized carbons (Fsp3) is 0.391. The molecule has 0 saturated carbocycles. The molecule has 9 heteroatoms. The lowest BCUT2D eigenvalue weighted by molar-refractivity contribution is -0.148. The van der Waals surface area contributed by atoms with Crippen LogP contribution in [0, 0.1) is 11.6 Å². The molecule has 1 aromatic carbocycles. The van der Waals surface area contributed by atoms with Crippen molar-refractivity contribution in [3.05, 3.63) is 65.5 Å². The Kier molecular flexibility index (Phi) is 9.39. The molecule has 1 aromatic heterocycles. The highest BCUT2D eigenvalue weighted by molar-refractivity contribution is 6.01. The average Bonchev–Trinajstić information content (AvgIpc) is 2.74.